The predicted octanol–water partition coefficient (Wildman–Crippen LogP) is 3.60. The maximum Gasteiger partial charge on any atom is 0.284 e. The van der Waals surface area contributed by atoms with Crippen LogP contribution in [0.25, 0.3) is 27.8 Å². The highest BCUT2D eigenvalue weighted by atomic mass is 16.3. The standard InChI is InChI=1S/C29H29N7O3/c30-26-24-22(17-34(15-16-37)27(24)32-18-31-26)19-10-12-20(13-11-19)33-28(38)25-23-9-5-2-6-14-35(23)36(29(25)39)21-7-3-1-4-8-21/h1,3-4,7-8,10-13,17-18,37H,2,5-6,9,14-16H2,(H,33,38)(H2,30,31,32). The van der Waals surface area contributed by atoms with E-state index >= 15 is 0 Å². The molecule has 0 spiro atoms. The maximum absolute atomic E-state index is 13.6. The Bertz CT molecular complexity index is 1720. The first-order valence-electron chi connectivity index (χ1n) is 13.1. The number of aliphatic hydroxyl groups is 1. The Labute approximate surface area is 224 Å². The average molecular weight is 524 g/mol. The highest BCUT2D eigenvalue weighted by Gasteiger charge is 2.27. The van der Waals surface area contributed by atoms with Crippen LogP contribution in [0.2, 0.25) is 0 Å². The van der Waals surface area contributed by atoms with Crippen LogP contribution in [0, 0.1) is 0 Å². The third kappa shape index (κ3) is 4.38. The first-order chi connectivity index (χ1) is 19.1. The van der Waals surface area contributed by atoms with E-state index in [1.807, 2.05) is 57.9 Å². The van der Waals surface area contributed by atoms with E-state index in [2.05, 4.69) is 15.3 Å². The van der Waals surface area contributed by atoms with Crippen molar-refractivity contribution in [3.05, 3.63) is 88.7 Å². The number of fused-ring (bicyclic) bond motifs is 2. The number of amides is 1. The van der Waals surface area contributed by atoms with Crippen LogP contribution in [-0.2, 0) is 19.5 Å². The van der Waals surface area contributed by atoms with Crippen LogP contribution >= 0.6 is 0 Å². The molecule has 2 aromatic carbocycles. The molecule has 6 rings (SSSR count). The number of nitrogens with two attached hydrogens (primary N) is 1. The normalized spacial score (nSPS) is 13.3. The van der Waals surface area contributed by atoms with Crippen molar-refractivity contribution < 1.29 is 9.90 Å². The van der Waals surface area contributed by atoms with E-state index in [1.165, 1.54) is 6.33 Å². The number of aliphatic hydroxyl groups excluding tert-OH is 1. The molecule has 3 aromatic heterocycles. The minimum absolute atomic E-state index is 0.0339. The van der Waals surface area contributed by atoms with Gasteiger partial charge in [0.15, 0.2) is 0 Å². The Morgan fingerprint density at radius 1 is 1.03 bits per heavy atom. The van der Waals surface area contributed by atoms with Crippen molar-refractivity contribution in [2.24, 2.45) is 0 Å². The molecule has 0 atom stereocenters. The molecule has 0 unspecified atom stereocenters. The van der Waals surface area contributed by atoms with Gasteiger partial charge in [0, 0.05) is 30.5 Å². The fraction of sp³-hybridized carbons (Fsp3) is 0.241. The number of benzene rings is 2. The van der Waals surface area contributed by atoms with Gasteiger partial charge in [-0.3, -0.25) is 14.3 Å². The van der Waals surface area contributed by atoms with Gasteiger partial charge in [-0.2, -0.15) is 0 Å². The molecule has 0 radical (unpaired) electrons. The van der Waals surface area contributed by atoms with Gasteiger partial charge in [-0.1, -0.05) is 36.8 Å². The number of carbonyl (C=O) groups is 1. The molecule has 4 N–H and O–H groups in total. The SMILES string of the molecule is Nc1ncnc2c1c(-c1ccc(NC(=O)c3c4n(n(-c5ccccc5)c3=O)CCCCC4)cc1)cn2CCO. The predicted molar refractivity (Wildman–Crippen MR) is 150 cm³/mol. The van der Waals surface area contributed by atoms with Gasteiger partial charge in [0.25, 0.3) is 11.5 Å². The fourth-order valence-corrected chi connectivity index (χ4v) is 5.43. The number of aromatic nitrogens is 5. The third-order valence-corrected chi connectivity index (χ3v) is 7.24. The van der Waals surface area contributed by atoms with Crippen LogP contribution in [-0.4, -0.2) is 41.5 Å². The number of nitrogens with one attached hydrogen (secondary N) is 1. The summed E-state index contributed by atoms with van der Waals surface area (Å²) in [7, 11) is 0. The Balaban J connectivity index is 1.33. The van der Waals surface area contributed by atoms with Crippen molar-refractivity contribution >= 4 is 28.4 Å². The van der Waals surface area contributed by atoms with Gasteiger partial charge in [-0.25, -0.2) is 14.6 Å². The summed E-state index contributed by atoms with van der Waals surface area (Å²) in [5.74, 6) is -0.0570. The van der Waals surface area contributed by atoms with Crippen molar-refractivity contribution in [3.63, 3.8) is 0 Å². The molecular formula is C29H29N7O3. The summed E-state index contributed by atoms with van der Waals surface area (Å²) >= 11 is 0. The minimum atomic E-state index is -0.412. The third-order valence-electron chi connectivity index (χ3n) is 7.24. The summed E-state index contributed by atoms with van der Waals surface area (Å²) in [4.78, 5) is 35.6. The molecule has 0 aliphatic carbocycles. The number of para-hydroxylation sites is 1. The zero-order chi connectivity index (χ0) is 26.9. The highest BCUT2D eigenvalue weighted by molar-refractivity contribution is 6.05. The number of nitrogens with zero attached hydrogens (tertiary/aromatic N) is 5. The van der Waals surface area contributed by atoms with Crippen LogP contribution < -0.4 is 16.6 Å². The molecule has 1 aliphatic rings. The molecule has 5 aromatic rings. The molecule has 0 bridgehead atoms. The minimum Gasteiger partial charge on any atom is -0.395 e. The number of nitrogen functional groups attached to an aromatic ring is 1. The van der Waals surface area contributed by atoms with Gasteiger partial charge in [-0.15, -0.1) is 0 Å². The first kappa shape index (κ1) is 24.6. The Kier molecular flexibility index (Phi) is 6.45. The summed E-state index contributed by atoms with van der Waals surface area (Å²) in [5.41, 5.74) is 10.5. The molecule has 0 saturated heterocycles. The lowest BCUT2D eigenvalue weighted by Crippen LogP contribution is -2.26. The lowest BCUT2D eigenvalue weighted by molar-refractivity contribution is 0.102. The molecule has 0 saturated carbocycles. The second kappa shape index (κ2) is 10.2. The van der Waals surface area contributed by atoms with E-state index in [-0.39, 0.29) is 17.7 Å². The summed E-state index contributed by atoms with van der Waals surface area (Å²) < 4.78 is 5.44. The van der Waals surface area contributed by atoms with Crippen molar-refractivity contribution in [1.82, 2.24) is 23.9 Å². The zero-order valence-corrected chi connectivity index (χ0v) is 21.4. The molecule has 10 heteroatoms. The lowest BCUT2D eigenvalue weighted by Gasteiger charge is -2.12. The summed E-state index contributed by atoms with van der Waals surface area (Å²) in [5, 5.41) is 13.1. The van der Waals surface area contributed by atoms with Crippen molar-refractivity contribution in [2.75, 3.05) is 17.7 Å². The molecule has 198 valence electrons. The van der Waals surface area contributed by atoms with Crippen LogP contribution in [0.1, 0.15) is 35.3 Å². The van der Waals surface area contributed by atoms with Crippen molar-refractivity contribution in [3.8, 4) is 16.8 Å². The molecule has 39 heavy (non-hydrogen) atoms. The maximum atomic E-state index is 13.6. The van der Waals surface area contributed by atoms with E-state index in [9.17, 15) is 14.7 Å². The molecule has 4 heterocycles. The van der Waals surface area contributed by atoms with E-state index in [0.717, 1.165) is 41.8 Å². The van der Waals surface area contributed by atoms with Gasteiger partial charge in [0.2, 0.25) is 0 Å². The van der Waals surface area contributed by atoms with E-state index < -0.39 is 5.91 Å². The smallest absolute Gasteiger partial charge is 0.284 e. The Morgan fingerprint density at radius 2 is 1.82 bits per heavy atom. The van der Waals surface area contributed by atoms with E-state index in [4.69, 9.17) is 5.73 Å². The number of hydrogen-bond acceptors (Lipinski definition) is 6. The largest absolute Gasteiger partial charge is 0.395 e. The second-order valence-electron chi connectivity index (χ2n) is 9.66. The van der Waals surface area contributed by atoms with Gasteiger partial charge >= 0.3 is 0 Å². The summed E-state index contributed by atoms with van der Waals surface area (Å²) in [6.07, 6.45) is 6.92. The quantitative estimate of drug-likeness (QED) is 0.311. The second-order valence-corrected chi connectivity index (χ2v) is 9.66. The number of carbonyl (C=O) groups excluding carboxylic acids is 1. The van der Waals surface area contributed by atoms with Gasteiger partial charge in [-0.05, 0) is 49.1 Å². The number of hydrogen-bond donors (Lipinski definition) is 3. The molecular weight excluding hydrogens is 494 g/mol. The van der Waals surface area contributed by atoms with E-state index in [0.29, 0.717) is 42.0 Å². The van der Waals surface area contributed by atoms with E-state index in [1.54, 1.807) is 16.8 Å². The molecule has 1 amide bonds. The van der Waals surface area contributed by atoms with Crippen LogP contribution in [0.4, 0.5) is 11.5 Å². The fourth-order valence-electron chi connectivity index (χ4n) is 5.43. The summed E-state index contributed by atoms with van der Waals surface area (Å²) in [6.45, 7) is 1.04. The highest BCUT2D eigenvalue weighted by Crippen LogP contribution is 2.33. The van der Waals surface area contributed by atoms with Crippen LogP contribution in [0.5, 0.6) is 0 Å². The van der Waals surface area contributed by atoms with Gasteiger partial charge in [0.05, 0.1) is 23.4 Å². The first-order valence-corrected chi connectivity index (χ1v) is 13.1. The number of anilines is 2. The van der Waals surface area contributed by atoms with Crippen LogP contribution in [0.3, 0.4) is 0 Å². The molecule has 0 fully saturated rings. The number of rotatable bonds is 6. The monoisotopic (exact) mass is 523 g/mol. The Hall–Kier alpha value is -4.70. The van der Waals surface area contributed by atoms with Crippen molar-refractivity contribution in [1.29, 1.82) is 0 Å². The zero-order valence-electron chi connectivity index (χ0n) is 21.4. The molecule has 10 nitrogen and oxygen atoms in total. The van der Waals surface area contributed by atoms with Crippen LogP contribution in [0.15, 0.2) is 71.9 Å². The summed E-state index contributed by atoms with van der Waals surface area (Å²) in [6, 6.07) is 16.8. The van der Waals surface area contributed by atoms with Gasteiger partial charge < -0.3 is 20.7 Å². The molecule has 1 aliphatic heterocycles. The topological polar surface area (TPSA) is 133 Å². The van der Waals surface area contributed by atoms with Crippen molar-refractivity contribution in [2.45, 2.75) is 38.8 Å². The van der Waals surface area contributed by atoms with Gasteiger partial charge in [0.1, 0.15) is 23.4 Å². The lowest BCUT2D eigenvalue weighted by atomic mass is 10.1. The Morgan fingerprint density at radius 3 is 2.59 bits per heavy atom. The average Bonchev–Trinajstić information content (AvgIpc) is 3.34.